The quantitative estimate of drug-likeness (QED) is 0.0309. The van der Waals surface area contributed by atoms with E-state index in [4.69, 9.17) is 17.9 Å². The number of carbonyl (C=O) groups is 2. The number of hydrogen-bond donors (Lipinski definition) is 5. The van der Waals surface area contributed by atoms with Crippen LogP contribution >= 0.6 is 0 Å². The Morgan fingerprint density at radius 3 is 1.74 bits per heavy atom. The molecule has 0 saturated heterocycles. The van der Waals surface area contributed by atoms with Gasteiger partial charge in [0.05, 0.1) is 22.3 Å². The number of hydrazine groups is 1. The Balaban J connectivity index is -0.0000000894. The van der Waals surface area contributed by atoms with E-state index in [-0.39, 0.29) is 37.6 Å². The van der Waals surface area contributed by atoms with Crippen molar-refractivity contribution in [2.75, 3.05) is 5.73 Å². The number of nitrogen functional groups attached to an aromatic ring is 1. The van der Waals surface area contributed by atoms with E-state index in [1.165, 1.54) is 5.53 Å². The molecule has 0 spiro atoms. The van der Waals surface area contributed by atoms with E-state index in [2.05, 4.69) is 205 Å². The molecule has 13 heteroatoms. The molecule has 3 atom stereocenters. The molecule has 4 rings (SSSR count). The monoisotopic (exact) mass is 968 g/mol. The molecule has 3 aromatic carbocycles. The van der Waals surface area contributed by atoms with Crippen LogP contribution in [-0.2, 0) is 22.4 Å². The minimum Gasteiger partial charge on any atom is -0.383 e. The summed E-state index contributed by atoms with van der Waals surface area (Å²) in [5, 5.41) is 20.6. The van der Waals surface area contributed by atoms with Crippen LogP contribution in [-0.4, -0.2) is 33.8 Å². The number of Topliss-reactive ketones (excluding diaryl/α,β-unsaturated/α-hetero) is 1. The number of nitrogens with zero attached hydrogens (tertiary/aromatic N) is 4. The minimum atomic E-state index is -0.879. The standard InChI is InChI=1S/C30H34N4O2.C29H4.H3N5O2.14H2/c1-3-19(2)28(31)30(36)34-26(18-22-9-6-8-21-7-4-5-10-24(21)22)27(35)14-12-20-11-13-25-23(17-20)15-16-33-29(25)32;1-3-5-7-9-11-13-15-17-19-21-23-25-27-29-28-26-24-22-20-18-16-14-12-10-8-6-4-2;1-2-3-4-5(6)7;;;;;;;;;;;;;;/h4-11,13,15-17,19,26,28H,3,12,14,18,31H2,1-2H3,(H2,32,33)(H,34,36);1H,2H3;(H2,1,3)(H,2,4);14*1H/t19?,26-,28+;;;;;;;;;;;;;;;;/m0................/s1. The molecule has 8 N–H and O–H groups in total. The molecule has 0 fully saturated rings. The predicted octanol–water partition coefficient (Wildman–Crippen LogP) is 7.71. The van der Waals surface area contributed by atoms with Crippen LogP contribution in [0.4, 0.5) is 5.82 Å². The van der Waals surface area contributed by atoms with Crippen molar-refractivity contribution in [3.63, 3.8) is 0 Å². The molecule has 72 heavy (non-hydrogen) atoms. The van der Waals surface area contributed by atoms with Crippen molar-refractivity contribution >= 4 is 39.1 Å². The van der Waals surface area contributed by atoms with Crippen molar-refractivity contribution in [1.29, 1.82) is 0 Å². The van der Waals surface area contributed by atoms with Crippen LogP contribution in [0.5, 0.6) is 0 Å². The summed E-state index contributed by atoms with van der Waals surface area (Å²) in [7, 11) is 0. The predicted molar refractivity (Wildman–Crippen MR) is 311 cm³/mol. The average Bonchev–Trinajstić information content (AvgIpc) is 3.39. The molecule has 13 nitrogen and oxygen atoms in total. The fourth-order valence-electron chi connectivity index (χ4n) is 5.44. The number of pyridine rings is 1. The summed E-state index contributed by atoms with van der Waals surface area (Å²) >= 11 is 0. The molecule has 0 aliphatic rings. The number of anilines is 1. The van der Waals surface area contributed by atoms with Gasteiger partial charge in [-0.2, -0.15) is 0 Å². The molecule has 0 aliphatic heterocycles. The number of aromatic nitrogens is 1. The molecule has 0 aliphatic carbocycles. The molecular formula is C59H69N9O4. The summed E-state index contributed by atoms with van der Waals surface area (Å²) in [5.41, 5.74) is 15.6. The third-order valence-corrected chi connectivity index (χ3v) is 8.97. The number of benzene rings is 3. The van der Waals surface area contributed by atoms with Crippen LogP contribution in [0.25, 0.3) is 21.5 Å². The van der Waals surface area contributed by atoms with E-state index >= 15 is 0 Å². The highest BCUT2D eigenvalue weighted by molar-refractivity contribution is 5.93. The van der Waals surface area contributed by atoms with Gasteiger partial charge in [0.25, 0.3) is 0 Å². The zero-order chi connectivity index (χ0) is 52.4. The molecule has 0 bridgehead atoms. The lowest BCUT2D eigenvalue weighted by Crippen LogP contribution is -2.51. The van der Waals surface area contributed by atoms with Crippen LogP contribution in [0.2, 0.25) is 0 Å². The van der Waals surface area contributed by atoms with Gasteiger partial charge in [-0.15, -0.1) is 6.42 Å². The SMILES string of the molecule is C#CC#CC#CC#CC#CC#CC#CC#CC#CC#CC#CC#CC#CC#CC.CCC(C)[C@@H](N)C(=O)N[C@@H](Cc1cccc2ccccc12)C(=O)CCc1ccc2c(N)nccc2c1.NN=NN[N+](=O)[O-].[HH].[HH].[HH].[HH].[HH].[HH].[HH].[HH].[HH].[HH].[HH].[HH].[HH].[HH]. The zero-order valence-electron chi connectivity index (χ0n) is 39.2. The lowest BCUT2D eigenvalue weighted by Gasteiger charge is -2.23. The smallest absolute Gasteiger partial charge is 0.237 e. The van der Waals surface area contributed by atoms with Crippen molar-refractivity contribution in [2.24, 2.45) is 27.9 Å². The summed E-state index contributed by atoms with van der Waals surface area (Å²) in [4.78, 5) is 39.8. The van der Waals surface area contributed by atoms with E-state index < -0.39 is 17.1 Å². The number of hydrogen-bond acceptors (Lipinski definition) is 9. The highest BCUT2D eigenvalue weighted by atomic mass is 16.7. The Kier molecular flexibility index (Phi) is 28.3. The maximum atomic E-state index is 13.5. The number of aryl methyl sites for hydroxylation is 1. The summed E-state index contributed by atoms with van der Waals surface area (Å²) in [6.07, 6.45) is 8.68. The Morgan fingerprint density at radius 1 is 0.736 bits per heavy atom. The van der Waals surface area contributed by atoms with Crippen LogP contribution < -0.4 is 28.2 Å². The number of fused-ring (bicyclic) bond motifs is 2. The Morgan fingerprint density at radius 2 is 1.25 bits per heavy atom. The van der Waals surface area contributed by atoms with E-state index in [9.17, 15) is 19.7 Å². The number of nitro groups is 1. The maximum Gasteiger partial charge on any atom is 0.237 e. The largest absolute Gasteiger partial charge is 0.383 e. The first-order chi connectivity index (χ1) is 35.1. The second-order valence-corrected chi connectivity index (χ2v) is 13.6. The van der Waals surface area contributed by atoms with E-state index in [0.717, 1.165) is 39.1 Å². The lowest BCUT2D eigenvalue weighted by molar-refractivity contribution is -0.546. The fourth-order valence-corrected chi connectivity index (χ4v) is 5.44. The van der Waals surface area contributed by atoms with Crippen molar-refractivity contribution < 1.29 is 34.6 Å². The van der Waals surface area contributed by atoms with Crippen molar-refractivity contribution in [1.82, 2.24) is 15.8 Å². The molecule has 1 heterocycles. The summed E-state index contributed by atoms with van der Waals surface area (Å²) < 4.78 is 0. The third-order valence-electron chi connectivity index (χ3n) is 8.97. The van der Waals surface area contributed by atoms with Crippen molar-refractivity contribution in [3.05, 3.63) is 94.2 Å². The topological polar surface area (TPSA) is 217 Å². The Labute approximate surface area is 441 Å². The molecule has 374 valence electrons. The van der Waals surface area contributed by atoms with Gasteiger partial charge in [0, 0.05) is 109 Å². The van der Waals surface area contributed by atoms with Gasteiger partial charge in [-0.3, -0.25) is 15.4 Å². The van der Waals surface area contributed by atoms with Crippen LogP contribution in [0.15, 0.2) is 83.4 Å². The second-order valence-electron chi connectivity index (χ2n) is 13.6. The van der Waals surface area contributed by atoms with Gasteiger partial charge >= 0.3 is 0 Å². The van der Waals surface area contributed by atoms with Crippen LogP contribution in [0, 0.1) is 182 Å². The number of rotatable bonds is 12. The average molecular weight is 968 g/mol. The molecule has 0 radical (unpaired) electrons. The summed E-state index contributed by atoms with van der Waals surface area (Å²) in [6, 6.07) is 20.7. The molecule has 4 aromatic rings. The zero-order valence-corrected chi connectivity index (χ0v) is 39.2. The summed E-state index contributed by atoms with van der Waals surface area (Å²) in [6.45, 7) is 5.65. The first kappa shape index (κ1) is 56.8. The highest BCUT2D eigenvalue weighted by Gasteiger charge is 2.26. The fraction of sp³-hybridized carbons (Fsp3) is 0.169. The first-order valence-corrected chi connectivity index (χ1v) is 21.1. The number of terminal acetylenes is 1. The molecule has 0 saturated carbocycles. The summed E-state index contributed by atoms with van der Waals surface area (Å²) in [5.74, 6) is 71.5. The lowest BCUT2D eigenvalue weighted by atomic mass is 9.93. The normalized spacial score (nSPS) is 9.38. The van der Waals surface area contributed by atoms with E-state index in [1.54, 1.807) is 13.1 Å². The molecular weight excluding hydrogens is 899 g/mol. The number of carbonyl (C=O) groups excluding carboxylic acids is 2. The maximum absolute atomic E-state index is 13.5. The van der Waals surface area contributed by atoms with Gasteiger partial charge in [-0.05, 0) is 147 Å². The number of nitrogens with one attached hydrogen (secondary N) is 2. The van der Waals surface area contributed by atoms with Crippen LogP contribution in [0.3, 0.4) is 0 Å². The number of amides is 1. The van der Waals surface area contributed by atoms with Crippen molar-refractivity contribution in [3.8, 4) is 166 Å². The van der Waals surface area contributed by atoms with Gasteiger partial charge in [-0.1, -0.05) is 86.9 Å². The molecule has 1 unspecified atom stereocenters. The van der Waals surface area contributed by atoms with Gasteiger partial charge < -0.3 is 26.9 Å². The molecule has 1 aromatic heterocycles. The second kappa shape index (κ2) is 35.9. The van der Waals surface area contributed by atoms with Gasteiger partial charge in [0.1, 0.15) is 5.82 Å². The third kappa shape index (κ3) is 24.3. The first-order valence-electron chi connectivity index (χ1n) is 21.1. The van der Waals surface area contributed by atoms with Crippen molar-refractivity contribution in [2.45, 2.75) is 58.5 Å². The number of nitrogens with two attached hydrogens (primary N) is 3. The van der Waals surface area contributed by atoms with E-state index in [0.29, 0.717) is 25.1 Å². The Hall–Kier alpha value is -11.3. The van der Waals surface area contributed by atoms with Gasteiger partial charge in [-0.25, -0.2) is 4.98 Å². The van der Waals surface area contributed by atoms with E-state index in [1.807, 2.05) is 62.4 Å². The highest BCUT2D eigenvalue weighted by Crippen LogP contribution is 2.23. The van der Waals surface area contributed by atoms with Gasteiger partial charge in [0.2, 0.25) is 5.91 Å². The van der Waals surface area contributed by atoms with Crippen LogP contribution in [0.1, 0.15) is 64.7 Å². The number of ketones is 1. The minimum absolute atomic E-state index is 0. The van der Waals surface area contributed by atoms with Gasteiger partial charge in [0.15, 0.2) is 11.0 Å². The Bertz CT molecular complexity index is 3650. The molecule has 1 amide bonds.